The van der Waals surface area contributed by atoms with Crippen molar-refractivity contribution in [3.63, 3.8) is 0 Å². The van der Waals surface area contributed by atoms with Crippen molar-refractivity contribution >= 4 is 6.29 Å². The third-order valence-electron chi connectivity index (χ3n) is 4.29. The summed E-state index contributed by atoms with van der Waals surface area (Å²) >= 11 is 0. The van der Waals surface area contributed by atoms with Crippen LogP contribution in [0.1, 0.15) is 40.0 Å². The van der Waals surface area contributed by atoms with Crippen LogP contribution in [0.3, 0.4) is 0 Å². The second kappa shape index (κ2) is 2.83. The van der Waals surface area contributed by atoms with Gasteiger partial charge in [0, 0.05) is 5.92 Å². The van der Waals surface area contributed by atoms with Gasteiger partial charge in [0.2, 0.25) is 0 Å². The normalized spacial score (nSPS) is 47.6. The van der Waals surface area contributed by atoms with Gasteiger partial charge in [-0.05, 0) is 42.4 Å². The summed E-state index contributed by atoms with van der Waals surface area (Å²) in [5, 5.41) is 0. The zero-order valence-corrected chi connectivity index (χ0v) is 8.92. The number of aldehydes is 1. The van der Waals surface area contributed by atoms with E-state index in [2.05, 4.69) is 20.8 Å². The van der Waals surface area contributed by atoms with Crippen LogP contribution in [0.25, 0.3) is 0 Å². The molecule has 0 spiro atoms. The molecule has 2 aliphatic rings. The minimum Gasteiger partial charge on any atom is -0.303 e. The Labute approximate surface area is 80.9 Å². The molecule has 4 unspecified atom stereocenters. The van der Waals surface area contributed by atoms with Gasteiger partial charge in [0.05, 0.1) is 0 Å². The minimum absolute atomic E-state index is 0.367. The Kier molecular flexibility index (Phi) is 2.01. The lowest BCUT2D eigenvalue weighted by molar-refractivity contribution is -0.113. The van der Waals surface area contributed by atoms with Gasteiger partial charge in [-0.25, -0.2) is 0 Å². The molecular weight excluding hydrogens is 160 g/mol. The van der Waals surface area contributed by atoms with Crippen molar-refractivity contribution < 1.29 is 4.79 Å². The van der Waals surface area contributed by atoms with Crippen molar-refractivity contribution in [2.75, 3.05) is 0 Å². The summed E-state index contributed by atoms with van der Waals surface area (Å²) in [6, 6.07) is 0. The fourth-order valence-electron chi connectivity index (χ4n) is 3.73. The predicted octanol–water partition coefficient (Wildman–Crippen LogP) is 2.89. The summed E-state index contributed by atoms with van der Waals surface area (Å²) < 4.78 is 0. The highest BCUT2D eigenvalue weighted by Gasteiger charge is 2.47. The molecule has 0 aliphatic heterocycles. The highest BCUT2D eigenvalue weighted by Crippen LogP contribution is 2.54. The number of hydrogen-bond donors (Lipinski definition) is 0. The molecular formula is C12H20O. The number of rotatable bonds is 1. The number of carbonyl (C=O) groups excluding carboxylic acids is 1. The monoisotopic (exact) mass is 180 g/mol. The molecule has 0 saturated heterocycles. The van der Waals surface area contributed by atoms with Crippen molar-refractivity contribution in [3.8, 4) is 0 Å². The molecule has 74 valence electrons. The van der Waals surface area contributed by atoms with Crippen LogP contribution in [-0.4, -0.2) is 6.29 Å². The van der Waals surface area contributed by atoms with Gasteiger partial charge in [0.25, 0.3) is 0 Å². The second-order valence-corrected chi connectivity index (χ2v) is 5.90. The van der Waals surface area contributed by atoms with Gasteiger partial charge in [-0.2, -0.15) is 0 Å². The zero-order chi connectivity index (χ0) is 9.64. The molecule has 2 bridgehead atoms. The molecule has 2 aliphatic carbocycles. The fraction of sp³-hybridized carbons (Fsp3) is 0.917. The van der Waals surface area contributed by atoms with E-state index >= 15 is 0 Å². The molecule has 0 aromatic carbocycles. The summed E-state index contributed by atoms with van der Waals surface area (Å²) in [5.74, 6) is 2.53. The smallest absolute Gasteiger partial charge is 0.123 e. The Bertz CT molecular complexity index is 219. The maximum absolute atomic E-state index is 11.0. The van der Waals surface area contributed by atoms with E-state index in [1.807, 2.05) is 0 Å². The lowest BCUT2D eigenvalue weighted by Crippen LogP contribution is -2.24. The zero-order valence-electron chi connectivity index (χ0n) is 8.92. The summed E-state index contributed by atoms with van der Waals surface area (Å²) in [4.78, 5) is 11.0. The molecule has 0 heterocycles. The average molecular weight is 180 g/mol. The van der Waals surface area contributed by atoms with Crippen LogP contribution in [-0.2, 0) is 4.79 Å². The lowest BCUT2D eigenvalue weighted by Gasteiger charge is -2.35. The van der Waals surface area contributed by atoms with Gasteiger partial charge in [0.1, 0.15) is 6.29 Å². The molecule has 0 aromatic heterocycles. The van der Waals surface area contributed by atoms with Gasteiger partial charge >= 0.3 is 0 Å². The molecule has 2 fully saturated rings. The standard InChI is InChI=1S/C12H20O/c1-8-9-4-10(11(8)7-13)6-12(2,3)5-9/h7-11H,4-6H2,1-3H3. The van der Waals surface area contributed by atoms with E-state index in [9.17, 15) is 4.79 Å². The van der Waals surface area contributed by atoms with Gasteiger partial charge in [-0.1, -0.05) is 20.8 Å². The molecule has 0 aromatic rings. The Balaban J connectivity index is 2.20. The maximum atomic E-state index is 11.0. The van der Waals surface area contributed by atoms with Crippen molar-refractivity contribution in [2.24, 2.45) is 29.1 Å². The summed E-state index contributed by atoms with van der Waals surface area (Å²) in [7, 11) is 0. The maximum Gasteiger partial charge on any atom is 0.123 e. The molecule has 4 atom stereocenters. The van der Waals surface area contributed by atoms with Crippen LogP contribution in [0.2, 0.25) is 0 Å². The van der Waals surface area contributed by atoms with Gasteiger partial charge in [-0.15, -0.1) is 0 Å². The molecule has 1 nitrogen and oxygen atoms in total. The highest BCUT2D eigenvalue weighted by molar-refractivity contribution is 5.55. The molecule has 1 heteroatoms. The summed E-state index contributed by atoms with van der Waals surface area (Å²) in [6.07, 6.45) is 5.12. The van der Waals surface area contributed by atoms with Crippen molar-refractivity contribution in [1.29, 1.82) is 0 Å². The van der Waals surface area contributed by atoms with E-state index < -0.39 is 0 Å². The van der Waals surface area contributed by atoms with E-state index in [4.69, 9.17) is 0 Å². The summed E-state index contributed by atoms with van der Waals surface area (Å²) in [5.41, 5.74) is 0.486. The quantitative estimate of drug-likeness (QED) is 0.567. The van der Waals surface area contributed by atoms with E-state index in [1.165, 1.54) is 25.5 Å². The molecule has 0 amide bonds. The third kappa shape index (κ3) is 1.43. The first kappa shape index (κ1) is 9.23. The fourth-order valence-corrected chi connectivity index (χ4v) is 3.73. The average Bonchev–Trinajstić information content (AvgIpc) is 2.22. The van der Waals surface area contributed by atoms with E-state index in [0.717, 1.165) is 5.92 Å². The number of fused-ring (bicyclic) bond motifs is 2. The molecule has 2 rings (SSSR count). The Morgan fingerprint density at radius 3 is 2.46 bits per heavy atom. The first-order valence-corrected chi connectivity index (χ1v) is 5.49. The molecule has 0 radical (unpaired) electrons. The lowest BCUT2D eigenvalue weighted by atomic mass is 9.71. The SMILES string of the molecule is CC1C2CC(CC(C)(C)C2)C1C=O. The van der Waals surface area contributed by atoms with E-state index in [-0.39, 0.29) is 0 Å². The minimum atomic E-state index is 0.367. The first-order valence-electron chi connectivity index (χ1n) is 5.49. The van der Waals surface area contributed by atoms with Crippen LogP contribution >= 0.6 is 0 Å². The summed E-state index contributed by atoms with van der Waals surface area (Å²) in [6.45, 7) is 6.98. The van der Waals surface area contributed by atoms with Crippen molar-refractivity contribution in [1.82, 2.24) is 0 Å². The van der Waals surface area contributed by atoms with Crippen LogP contribution in [0.5, 0.6) is 0 Å². The molecule has 0 N–H and O–H groups in total. The van der Waals surface area contributed by atoms with Crippen LogP contribution in [0.4, 0.5) is 0 Å². The van der Waals surface area contributed by atoms with Crippen LogP contribution in [0.15, 0.2) is 0 Å². The third-order valence-corrected chi connectivity index (χ3v) is 4.29. The van der Waals surface area contributed by atoms with E-state index in [1.54, 1.807) is 0 Å². The van der Waals surface area contributed by atoms with E-state index in [0.29, 0.717) is 23.2 Å². The van der Waals surface area contributed by atoms with Crippen molar-refractivity contribution in [2.45, 2.75) is 40.0 Å². The van der Waals surface area contributed by atoms with Gasteiger partial charge in [0.15, 0.2) is 0 Å². The molecule has 13 heavy (non-hydrogen) atoms. The van der Waals surface area contributed by atoms with Gasteiger partial charge in [-0.3, -0.25) is 0 Å². The Hall–Kier alpha value is -0.330. The highest BCUT2D eigenvalue weighted by atomic mass is 16.1. The molecule has 2 saturated carbocycles. The van der Waals surface area contributed by atoms with Crippen LogP contribution < -0.4 is 0 Å². The Morgan fingerprint density at radius 2 is 1.85 bits per heavy atom. The van der Waals surface area contributed by atoms with Gasteiger partial charge < -0.3 is 4.79 Å². The first-order chi connectivity index (χ1) is 6.03. The number of hydrogen-bond acceptors (Lipinski definition) is 1. The number of carbonyl (C=O) groups is 1. The van der Waals surface area contributed by atoms with Crippen LogP contribution in [0, 0.1) is 29.1 Å². The largest absolute Gasteiger partial charge is 0.303 e. The predicted molar refractivity (Wildman–Crippen MR) is 53.3 cm³/mol. The topological polar surface area (TPSA) is 17.1 Å². The van der Waals surface area contributed by atoms with Crippen molar-refractivity contribution in [3.05, 3.63) is 0 Å². The Morgan fingerprint density at radius 1 is 1.23 bits per heavy atom. The second-order valence-electron chi connectivity index (χ2n) is 5.90.